The molecule has 0 amide bonds. The van der Waals surface area contributed by atoms with Gasteiger partial charge in [-0.2, -0.15) is 6.08 Å². The van der Waals surface area contributed by atoms with Crippen molar-refractivity contribution in [3.8, 4) is 5.75 Å². The molecule has 1 N–H and O–H groups in total. The van der Waals surface area contributed by atoms with E-state index in [1.54, 1.807) is 0 Å². The Morgan fingerprint density at radius 2 is 1.43 bits per heavy atom. The van der Waals surface area contributed by atoms with Crippen molar-refractivity contribution in [3.05, 3.63) is 47.6 Å². The molecule has 172 valence electrons. The number of benzene rings is 1. The van der Waals surface area contributed by atoms with Gasteiger partial charge in [0.15, 0.2) is 0 Å². The number of phenols is 1. The van der Waals surface area contributed by atoms with Gasteiger partial charge in [-0.3, -0.25) is 6.08 Å². The van der Waals surface area contributed by atoms with Crippen LogP contribution in [0.3, 0.4) is 0 Å². The zero-order valence-electron chi connectivity index (χ0n) is 20.9. The fourth-order valence-corrected chi connectivity index (χ4v) is 4.44. The molecule has 0 bridgehead atoms. The summed E-state index contributed by atoms with van der Waals surface area (Å²) in [7, 11) is -0.420. The van der Waals surface area contributed by atoms with Gasteiger partial charge < -0.3 is 5.11 Å². The molecule has 0 unspecified atom stereocenters. The van der Waals surface area contributed by atoms with Crippen LogP contribution in [0, 0.1) is 18.4 Å². The molecule has 2 rings (SSSR count). The van der Waals surface area contributed by atoms with E-state index in [9.17, 15) is 5.11 Å². The van der Waals surface area contributed by atoms with Gasteiger partial charge in [0.25, 0.3) is 0 Å². The Labute approximate surface area is 218 Å². The molecule has 1 aliphatic rings. The predicted molar refractivity (Wildman–Crippen MR) is 142 cm³/mol. The molecule has 0 spiro atoms. The molecule has 0 saturated carbocycles. The molecule has 0 aromatic heterocycles. The van der Waals surface area contributed by atoms with Gasteiger partial charge in [-0.15, -0.1) is 31.2 Å². The average Bonchev–Trinajstić information content (AvgIpc) is 3.00. The Hall–Kier alpha value is 0.228. The summed E-state index contributed by atoms with van der Waals surface area (Å²) in [5.41, 5.74) is 2.80. The Balaban J connectivity index is -0.000000195. The van der Waals surface area contributed by atoms with Crippen molar-refractivity contribution >= 4 is 47.6 Å². The number of hydrogen-bond donors (Lipinski definition) is 1. The molecule has 0 fully saturated rings. The zero-order valence-corrected chi connectivity index (χ0v) is 26.1. The van der Waals surface area contributed by atoms with Gasteiger partial charge in [-0.05, 0) is 35.1 Å². The number of allylic oxidation sites excluding steroid dienone is 4. The second-order valence-corrected chi connectivity index (χ2v) is 16.2. The van der Waals surface area contributed by atoms with Gasteiger partial charge in [0.1, 0.15) is 5.75 Å². The molecule has 30 heavy (non-hydrogen) atoms. The molecule has 0 aliphatic heterocycles. The van der Waals surface area contributed by atoms with Crippen molar-refractivity contribution in [1.82, 2.24) is 0 Å². The first-order valence-electron chi connectivity index (χ1n) is 9.84. The summed E-state index contributed by atoms with van der Waals surface area (Å²) in [6.45, 7) is 24.6. The van der Waals surface area contributed by atoms with E-state index in [-0.39, 0.29) is 46.5 Å². The minimum Gasteiger partial charge on any atom is -0.508 e. The molecule has 1 aromatic rings. The monoisotopic (exact) mass is 521 g/mol. The Bertz CT molecular complexity index is 638. The van der Waals surface area contributed by atoms with Crippen LogP contribution in [0.15, 0.2) is 35.9 Å². The fraction of sp³-hybridized carbons (Fsp3) is 0.583. The Kier molecular flexibility index (Phi) is 19.9. The van der Waals surface area contributed by atoms with E-state index < -0.39 is 8.07 Å². The molecule has 0 saturated heterocycles. The number of aromatic hydroxyl groups is 1. The largest absolute Gasteiger partial charge is 0.508 e. The molecular formula is C24H43Cl2OSi2Ti-. The number of aryl methyl sites for hydroxylation is 1. The summed E-state index contributed by atoms with van der Waals surface area (Å²) in [4.78, 5) is 0. The summed E-state index contributed by atoms with van der Waals surface area (Å²) in [5.74, 6) is 0.398. The smallest absolute Gasteiger partial charge is 0.115 e. The van der Waals surface area contributed by atoms with Crippen LogP contribution < -0.4 is 5.19 Å². The summed E-state index contributed by atoms with van der Waals surface area (Å²) in [6, 6.07) is 5.97. The van der Waals surface area contributed by atoms with Crippen LogP contribution in [0.5, 0.6) is 5.75 Å². The van der Waals surface area contributed by atoms with Gasteiger partial charge in [0.2, 0.25) is 0 Å². The van der Waals surface area contributed by atoms with Crippen LogP contribution in [0.4, 0.5) is 0 Å². The third-order valence-corrected chi connectivity index (χ3v) is 10.6. The molecule has 2 radical (unpaired) electrons. The van der Waals surface area contributed by atoms with Crippen LogP contribution in [0.1, 0.15) is 53.5 Å². The third kappa shape index (κ3) is 12.9. The number of halogens is 2. The topological polar surface area (TPSA) is 20.2 Å². The van der Waals surface area contributed by atoms with Crippen molar-refractivity contribution in [3.63, 3.8) is 0 Å². The van der Waals surface area contributed by atoms with E-state index in [1.165, 1.54) is 10.8 Å². The number of phenolic OH excluding ortho intramolecular Hbond substituents is 1. The van der Waals surface area contributed by atoms with Crippen molar-refractivity contribution in [2.45, 2.75) is 86.1 Å². The van der Waals surface area contributed by atoms with Crippen LogP contribution >= 0.6 is 24.8 Å². The van der Waals surface area contributed by atoms with Gasteiger partial charge in [0.05, 0.1) is 8.07 Å². The standard InChI is InChI=1S/C13H22OSi.C9H13.C2H6Si.2ClH.Ti/c1-10-7-11(14)9-12(8-10)15(5,6)13(2,3)4;1-9(2,3)8-6-4-5-7-8;1-3-2;;;/h7-9,14H,1-6H3;4,6H,5H2,1-3H3;1-2H3;2*1H;/q;-1;;;;. The predicted octanol–water partition coefficient (Wildman–Crippen LogP) is 7.77. The van der Waals surface area contributed by atoms with Crippen molar-refractivity contribution in [1.29, 1.82) is 0 Å². The first-order chi connectivity index (χ1) is 12.2. The van der Waals surface area contributed by atoms with Gasteiger partial charge in [0, 0.05) is 31.2 Å². The first kappa shape index (κ1) is 37.5. The van der Waals surface area contributed by atoms with Gasteiger partial charge in [-0.1, -0.05) is 79.0 Å². The average molecular weight is 523 g/mol. The van der Waals surface area contributed by atoms with E-state index in [2.05, 4.69) is 92.0 Å². The van der Waals surface area contributed by atoms with Crippen molar-refractivity contribution in [2.24, 2.45) is 5.41 Å². The maximum atomic E-state index is 9.65. The third-order valence-electron chi connectivity index (χ3n) is 5.16. The van der Waals surface area contributed by atoms with E-state index in [4.69, 9.17) is 0 Å². The minimum absolute atomic E-state index is 0. The quantitative estimate of drug-likeness (QED) is 0.295. The molecule has 1 aliphatic carbocycles. The molecule has 1 aromatic carbocycles. The van der Waals surface area contributed by atoms with Crippen LogP contribution in [0.2, 0.25) is 31.2 Å². The first-order valence-corrected chi connectivity index (χ1v) is 14.8. The summed E-state index contributed by atoms with van der Waals surface area (Å²) >= 11 is 0. The van der Waals surface area contributed by atoms with Gasteiger partial charge in [-0.25, -0.2) is 11.6 Å². The summed E-state index contributed by atoms with van der Waals surface area (Å²) in [5, 5.41) is 11.3. The van der Waals surface area contributed by atoms with Crippen molar-refractivity contribution < 1.29 is 26.8 Å². The summed E-state index contributed by atoms with van der Waals surface area (Å²) in [6.07, 6.45) is 8.63. The van der Waals surface area contributed by atoms with Crippen LogP contribution in [-0.4, -0.2) is 22.7 Å². The van der Waals surface area contributed by atoms with E-state index in [1.807, 2.05) is 19.1 Å². The van der Waals surface area contributed by atoms with Gasteiger partial charge >= 0.3 is 0 Å². The maximum absolute atomic E-state index is 9.65. The molecule has 0 atom stereocenters. The second-order valence-electron chi connectivity index (χ2n) is 9.88. The zero-order chi connectivity index (χ0) is 21.5. The normalized spacial score (nSPS) is 12.6. The maximum Gasteiger partial charge on any atom is 0.115 e. The number of rotatable bonds is 1. The minimum atomic E-state index is -1.50. The van der Waals surface area contributed by atoms with Crippen molar-refractivity contribution in [2.75, 3.05) is 0 Å². The number of hydrogen-bond acceptors (Lipinski definition) is 1. The molecule has 0 heterocycles. The molecule has 6 heteroatoms. The van der Waals surface area contributed by atoms with Crippen LogP contribution in [-0.2, 0) is 21.7 Å². The Morgan fingerprint density at radius 1 is 0.967 bits per heavy atom. The SMILES string of the molecule is CC(C)(C)C1=[C-]CC=C1.C[Si]C.Cc1cc(O)cc([Si](C)(C)C(C)(C)C)c1.Cl.Cl.[Ti]. The van der Waals surface area contributed by atoms with E-state index >= 15 is 0 Å². The molecule has 1 nitrogen and oxygen atoms in total. The summed E-state index contributed by atoms with van der Waals surface area (Å²) < 4.78 is 0. The van der Waals surface area contributed by atoms with E-state index in [0.717, 1.165) is 21.5 Å². The Morgan fingerprint density at radius 3 is 1.70 bits per heavy atom. The van der Waals surface area contributed by atoms with E-state index in [0.29, 0.717) is 16.2 Å². The second kappa shape index (κ2) is 15.9. The molecular weight excluding hydrogens is 479 g/mol. The fourth-order valence-electron chi connectivity index (χ4n) is 2.48. The van der Waals surface area contributed by atoms with Crippen LogP contribution in [0.25, 0.3) is 0 Å².